The number of rotatable bonds is 12. The Morgan fingerprint density at radius 2 is 1.61 bits per heavy atom. The number of carbonyl (C=O) groups excluding carboxylic acids is 2. The van der Waals surface area contributed by atoms with Gasteiger partial charge in [-0.25, -0.2) is 9.59 Å². The van der Waals surface area contributed by atoms with Gasteiger partial charge in [-0.2, -0.15) is 0 Å². The van der Waals surface area contributed by atoms with Crippen molar-refractivity contribution in [3.8, 4) is 5.75 Å². The highest BCUT2D eigenvalue weighted by molar-refractivity contribution is 7.24. The van der Waals surface area contributed by atoms with Crippen LogP contribution >= 0.6 is 11.3 Å². The fraction of sp³-hybridized carbons (Fsp3) is 0.423. The highest BCUT2D eigenvalue weighted by atomic mass is 32.1. The fourth-order valence-electron chi connectivity index (χ4n) is 3.67. The van der Waals surface area contributed by atoms with E-state index in [4.69, 9.17) is 28.4 Å². The predicted octanol–water partition coefficient (Wildman–Crippen LogP) is 4.52. The van der Waals surface area contributed by atoms with Crippen LogP contribution < -0.4 is 10.2 Å². The summed E-state index contributed by atoms with van der Waals surface area (Å²) >= 11 is 1.27. The lowest BCUT2D eigenvalue weighted by molar-refractivity contribution is -0.332. The van der Waals surface area contributed by atoms with Crippen LogP contribution in [0.25, 0.3) is 20.2 Å². The SMILES string of the molecule is CCOC(=O)c1cc2sc3ccccc3c(=O)c2c(C(=O)OCC)c1OC(C)(OCC)OCCOC. The third kappa shape index (κ3) is 5.84. The van der Waals surface area contributed by atoms with E-state index in [1.807, 2.05) is 6.07 Å². The van der Waals surface area contributed by atoms with Crippen LogP contribution in [0.5, 0.6) is 5.75 Å². The maximum absolute atomic E-state index is 13.6. The molecule has 10 heteroatoms. The Morgan fingerprint density at radius 1 is 0.917 bits per heavy atom. The molecule has 194 valence electrons. The van der Waals surface area contributed by atoms with Crippen molar-refractivity contribution >= 4 is 43.4 Å². The molecule has 3 aromatic rings. The summed E-state index contributed by atoms with van der Waals surface area (Å²) in [5, 5.41) is 0.509. The monoisotopic (exact) mass is 518 g/mol. The van der Waals surface area contributed by atoms with Crippen molar-refractivity contribution in [2.75, 3.05) is 40.1 Å². The molecule has 0 saturated carbocycles. The average molecular weight is 519 g/mol. The van der Waals surface area contributed by atoms with E-state index in [0.29, 0.717) is 14.8 Å². The molecule has 36 heavy (non-hydrogen) atoms. The summed E-state index contributed by atoms with van der Waals surface area (Å²) in [6, 6.07) is 8.53. The Labute approximate surface area is 212 Å². The van der Waals surface area contributed by atoms with Crippen LogP contribution in [0.2, 0.25) is 0 Å². The second-order valence-corrected chi connectivity index (χ2v) is 8.69. The second-order valence-electron chi connectivity index (χ2n) is 7.61. The first-order chi connectivity index (χ1) is 17.3. The van der Waals surface area contributed by atoms with Crippen molar-refractivity contribution in [1.29, 1.82) is 0 Å². The van der Waals surface area contributed by atoms with Gasteiger partial charge in [0.1, 0.15) is 11.1 Å². The molecule has 0 spiro atoms. The molecule has 9 nitrogen and oxygen atoms in total. The number of methoxy groups -OCH3 is 1. The van der Waals surface area contributed by atoms with Gasteiger partial charge in [-0.05, 0) is 39.0 Å². The summed E-state index contributed by atoms with van der Waals surface area (Å²) in [6.45, 7) is 7.22. The largest absolute Gasteiger partial charge is 0.462 e. The van der Waals surface area contributed by atoms with Crippen molar-refractivity contribution in [1.82, 2.24) is 0 Å². The summed E-state index contributed by atoms with van der Waals surface area (Å²) in [4.78, 5) is 40.0. The highest BCUT2D eigenvalue weighted by Gasteiger charge is 2.36. The van der Waals surface area contributed by atoms with E-state index in [0.717, 1.165) is 0 Å². The minimum atomic E-state index is -1.72. The molecule has 3 rings (SSSR count). The Balaban J connectivity index is 2.39. The lowest BCUT2D eigenvalue weighted by Gasteiger charge is -2.31. The number of benzene rings is 2. The lowest BCUT2D eigenvalue weighted by Crippen LogP contribution is -2.41. The minimum absolute atomic E-state index is 0.0433. The van der Waals surface area contributed by atoms with Crippen molar-refractivity contribution < 1.29 is 38.0 Å². The van der Waals surface area contributed by atoms with Gasteiger partial charge in [0, 0.05) is 28.8 Å². The Hall–Kier alpha value is -3.05. The maximum Gasteiger partial charge on any atom is 0.342 e. The third-order valence-corrected chi connectivity index (χ3v) is 6.26. The van der Waals surface area contributed by atoms with Crippen molar-refractivity contribution in [3.63, 3.8) is 0 Å². The number of carbonyl (C=O) groups is 2. The van der Waals surface area contributed by atoms with E-state index in [2.05, 4.69) is 0 Å². The molecule has 0 bridgehead atoms. The lowest BCUT2D eigenvalue weighted by atomic mass is 10.0. The van der Waals surface area contributed by atoms with E-state index in [9.17, 15) is 14.4 Å². The average Bonchev–Trinajstić information content (AvgIpc) is 2.84. The zero-order valence-electron chi connectivity index (χ0n) is 21.0. The molecule has 0 aliphatic carbocycles. The van der Waals surface area contributed by atoms with E-state index < -0.39 is 17.9 Å². The number of ether oxygens (including phenoxy) is 6. The molecular weight excluding hydrogens is 488 g/mol. The minimum Gasteiger partial charge on any atom is -0.462 e. The van der Waals surface area contributed by atoms with Crippen molar-refractivity contribution in [3.05, 3.63) is 51.7 Å². The molecule has 1 atom stereocenters. The van der Waals surface area contributed by atoms with Crippen LogP contribution in [-0.2, 0) is 23.7 Å². The molecular formula is C26H30O9S. The predicted molar refractivity (Wildman–Crippen MR) is 136 cm³/mol. The summed E-state index contributed by atoms with van der Waals surface area (Å²) in [6.07, 6.45) is 0. The molecule has 0 saturated heterocycles. The van der Waals surface area contributed by atoms with Gasteiger partial charge in [-0.15, -0.1) is 11.3 Å². The Morgan fingerprint density at radius 3 is 2.28 bits per heavy atom. The van der Waals surface area contributed by atoms with Crippen LogP contribution in [0.15, 0.2) is 35.1 Å². The first-order valence-electron chi connectivity index (χ1n) is 11.6. The molecule has 0 fully saturated rings. The van der Waals surface area contributed by atoms with Crippen LogP contribution in [-0.4, -0.2) is 58.1 Å². The normalized spacial score (nSPS) is 12.9. The van der Waals surface area contributed by atoms with E-state index in [1.54, 1.807) is 39.0 Å². The summed E-state index contributed by atoms with van der Waals surface area (Å²) < 4.78 is 34.3. The first kappa shape index (κ1) is 27.5. The quantitative estimate of drug-likeness (QED) is 0.148. The van der Waals surface area contributed by atoms with Crippen LogP contribution in [0.1, 0.15) is 48.4 Å². The molecule has 1 aromatic heterocycles. The Kier molecular flexibility index (Phi) is 9.38. The third-order valence-electron chi connectivity index (χ3n) is 5.14. The molecule has 2 aromatic carbocycles. The summed E-state index contributed by atoms with van der Waals surface area (Å²) in [7, 11) is 1.52. The van der Waals surface area contributed by atoms with Crippen LogP contribution in [0.3, 0.4) is 0 Å². The number of hydrogen-bond acceptors (Lipinski definition) is 10. The van der Waals surface area contributed by atoms with Crippen LogP contribution in [0.4, 0.5) is 0 Å². The smallest absolute Gasteiger partial charge is 0.342 e. The summed E-state index contributed by atoms with van der Waals surface area (Å²) in [5.41, 5.74) is -0.633. The van der Waals surface area contributed by atoms with E-state index >= 15 is 0 Å². The van der Waals surface area contributed by atoms with Crippen molar-refractivity contribution in [2.45, 2.75) is 33.7 Å². The first-order valence-corrected chi connectivity index (χ1v) is 12.4. The molecule has 1 heterocycles. The van der Waals surface area contributed by atoms with Gasteiger partial charge < -0.3 is 28.4 Å². The molecule has 0 amide bonds. The number of hydrogen-bond donors (Lipinski definition) is 0. The number of esters is 2. The maximum atomic E-state index is 13.6. The zero-order valence-corrected chi connectivity index (χ0v) is 21.8. The van der Waals surface area contributed by atoms with Gasteiger partial charge in [0.05, 0.1) is 38.4 Å². The summed E-state index contributed by atoms with van der Waals surface area (Å²) in [5.74, 6) is -3.48. The molecule has 0 aliphatic rings. The van der Waals surface area contributed by atoms with Gasteiger partial charge >= 0.3 is 17.9 Å². The molecule has 0 radical (unpaired) electrons. The van der Waals surface area contributed by atoms with E-state index in [-0.39, 0.29) is 60.7 Å². The fourth-order valence-corrected chi connectivity index (χ4v) is 4.79. The highest BCUT2D eigenvalue weighted by Crippen LogP contribution is 2.38. The van der Waals surface area contributed by atoms with Crippen molar-refractivity contribution in [2.24, 2.45) is 0 Å². The standard InChI is InChI=1S/C26H30O9S/c1-6-31-24(28)17-15-19-20(22(27)16-11-9-10-12-18(16)36-19)21(25(29)32-7-2)23(17)35-26(4,33-8-3)34-14-13-30-5/h9-12,15H,6-8,13-14H2,1-5H3. The van der Waals surface area contributed by atoms with E-state index in [1.165, 1.54) is 31.4 Å². The molecule has 0 N–H and O–H groups in total. The molecule has 1 unspecified atom stereocenters. The van der Waals surface area contributed by atoms with Gasteiger partial charge in [0.25, 0.3) is 0 Å². The van der Waals surface area contributed by atoms with Gasteiger partial charge in [-0.3, -0.25) is 4.79 Å². The zero-order chi connectivity index (χ0) is 26.3. The topological polar surface area (TPSA) is 107 Å². The van der Waals surface area contributed by atoms with Gasteiger partial charge in [-0.1, -0.05) is 12.1 Å². The van der Waals surface area contributed by atoms with Gasteiger partial charge in [0.15, 0.2) is 11.2 Å². The molecule has 0 aliphatic heterocycles. The van der Waals surface area contributed by atoms with Crippen LogP contribution in [0, 0.1) is 0 Å². The van der Waals surface area contributed by atoms with Gasteiger partial charge in [0.2, 0.25) is 0 Å². The number of fused-ring (bicyclic) bond motifs is 2. The Bertz CT molecular complexity index is 1300. The second kappa shape index (κ2) is 12.3.